The van der Waals surface area contributed by atoms with Crippen LogP contribution in [0.4, 0.5) is 4.79 Å². The van der Waals surface area contributed by atoms with E-state index < -0.39 is 11.6 Å². The number of nitrogens with one attached hydrogen (secondary N) is 3. The van der Waals surface area contributed by atoms with Gasteiger partial charge in [0.25, 0.3) is 0 Å². The number of carbonyl (C=O) groups excluding carboxylic acids is 2. The van der Waals surface area contributed by atoms with E-state index in [1.807, 2.05) is 30.3 Å². The van der Waals surface area contributed by atoms with E-state index in [1.165, 1.54) is 0 Å². The van der Waals surface area contributed by atoms with Gasteiger partial charge < -0.3 is 20.5 Å². The maximum atomic E-state index is 12.9. The van der Waals surface area contributed by atoms with Crippen LogP contribution in [0.2, 0.25) is 0 Å². The SMILES string of the molecule is Cc1noc(C(C)NC(=O)C2(NC(=O)NCc3ccccc3)CCCC2)n1. The molecule has 1 aliphatic rings. The molecule has 0 saturated heterocycles. The summed E-state index contributed by atoms with van der Waals surface area (Å²) in [5.41, 5.74) is 0.0855. The molecular weight excluding hydrogens is 346 g/mol. The van der Waals surface area contributed by atoms with Crippen molar-refractivity contribution < 1.29 is 14.1 Å². The van der Waals surface area contributed by atoms with Crippen molar-refractivity contribution in [1.29, 1.82) is 0 Å². The Balaban J connectivity index is 1.60. The average molecular weight is 371 g/mol. The second kappa shape index (κ2) is 8.20. The predicted octanol–water partition coefficient (Wildman–Crippen LogP) is 2.37. The van der Waals surface area contributed by atoms with Crippen LogP contribution in [0.3, 0.4) is 0 Å². The largest absolute Gasteiger partial charge is 0.343 e. The van der Waals surface area contributed by atoms with Crippen LogP contribution in [0.5, 0.6) is 0 Å². The fraction of sp³-hybridized carbons (Fsp3) is 0.474. The zero-order valence-electron chi connectivity index (χ0n) is 15.6. The summed E-state index contributed by atoms with van der Waals surface area (Å²) >= 11 is 0. The molecular formula is C19H25N5O3. The zero-order chi connectivity index (χ0) is 19.3. The van der Waals surface area contributed by atoms with Gasteiger partial charge in [0, 0.05) is 6.54 Å². The molecule has 1 aromatic carbocycles. The second-order valence-electron chi connectivity index (χ2n) is 6.96. The summed E-state index contributed by atoms with van der Waals surface area (Å²) < 4.78 is 5.12. The van der Waals surface area contributed by atoms with Gasteiger partial charge in [-0.05, 0) is 32.3 Å². The van der Waals surface area contributed by atoms with Gasteiger partial charge in [0.2, 0.25) is 11.8 Å². The molecule has 3 rings (SSSR count). The minimum Gasteiger partial charge on any atom is -0.343 e. The maximum absolute atomic E-state index is 12.9. The van der Waals surface area contributed by atoms with Crippen molar-refractivity contribution in [3.05, 3.63) is 47.6 Å². The summed E-state index contributed by atoms with van der Waals surface area (Å²) in [7, 11) is 0. The topological polar surface area (TPSA) is 109 Å². The molecule has 2 aromatic rings. The third-order valence-corrected chi connectivity index (χ3v) is 4.80. The number of aromatic nitrogens is 2. The molecule has 1 unspecified atom stereocenters. The van der Waals surface area contributed by atoms with Crippen molar-refractivity contribution in [2.75, 3.05) is 0 Å². The van der Waals surface area contributed by atoms with E-state index in [4.69, 9.17) is 4.52 Å². The number of aryl methyl sites for hydroxylation is 1. The Kier molecular flexibility index (Phi) is 5.73. The van der Waals surface area contributed by atoms with Crippen LogP contribution in [0.1, 0.15) is 55.9 Å². The second-order valence-corrected chi connectivity index (χ2v) is 6.96. The fourth-order valence-corrected chi connectivity index (χ4v) is 3.31. The fourth-order valence-electron chi connectivity index (χ4n) is 3.31. The Bertz CT molecular complexity index is 784. The van der Waals surface area contributed by atoms with E-state index in [9.17, 15) is 9.59 Å². The molecule has 0 aliphatic heterocycles. The lowest BCUT2D eigenvalue weighted by Gasteiger charge is -2.30. The summed E-state index contributed by atoms with van der Waals surface area (Å²) in [4.78, 5) is 29.5. The van der Waals surface area contributed by atoms with Crippen molar-refractivity contribution in [1.82, 2.24) is 26.1 Å². The predicted molar refractivity (Wildman–Crippen MR) is 98.6 cm³/mol. The van der Waals surface area contributed by atoms with E-state index in [2.05, 4.69) is 26.1 Å². The molecule has 0 bridgehead atoms. The first-order valence-electron chi connectivity index (χ1n) is 9.20. The minimum atomic E-state index is -0.913. The Labute approximate surface area is 158 Å². The standard InChI is InChI=1S/C19H25N5O3/c1-13(16-22-14(2)24-27-16)21-17(25)19(10-6-7-11-19)23-18(26)20-12-15-8-4-3-5-9-15/h3-5,8-9,13H,6-7,10-12H2,1-2H3,(H,21,25)(H2,20,23,26). The minimum absolute atomic E-state index is 0.224. The number of hydrogen-bond acceptors (Lipinski definition) is 5. The molecule has 1 fully saturated rings. The number of benzene rings is 1. The number of carbonyl (C=O) groups is 2. The molecule has 144 valence electrons. The molecule has 27 heavy (non-hydrogen) atoms. The highest BCUT2D eigenvalue weighted by Gasteiger charge is 2.43. The summed E-state index contributed by atoms with van der Waals surface area (Å²) in [6.45, 7) is 3.91. The Morgan fingerprint density at radius 1 is 1.22 bits per heavy atom. The highest BCUT2D eigenvalue weighted by molar-refractivity contribution is 5.91. The summed E-state index contributed by atoms with van der Waals surface area (Å²) in [6, 6.07) is 8.86. The first kappa shape index (κ1) is 18.9. The highest BCUT2D eigenvalue weighted by Crippen LogP contribution is 2.30. The lowest BCUT2D eigenvalue weighted by Crippen LogP contribution is -2.59. The zero-order valence-corrected chi connectivity index (χ0v) is 15.6. The van der Waals surface area contributed by atoms with E-state index in [0.717, 1.165) is 18.4 Å². The molecule has 1 aliphatic carbocycles. The van der Waals surface area contributed by atoms with Gasteiger partial charge in [-0.1, -0.05) is 48.3 Å². The van der Waals surface area contributed by atoms with Gasteiger partial charge in [0.05, 0.1) is 0 Å². The Morgan fingerprint density at radius 3 is 2.56 bits per heavy atom. The lowest BCUT2D eigenvalue weighted by atomic mass is 9.96. The number of urea groups is 1. The number of rotatable bonds is 6. The summed E-state index contributed by atoms with van der Waals surface area (Å²) in [5.74, 6) is 0.640. The molecule has 3 amide bonds. The van der Waals surface area contributed by atoms with Crippen LogP contribution in [-0.2, 0) is 11.3 Å². The number of amides is 3. The van der Waals surface area contributed by atoms with Crippen LogP contribution in [0, 0.1) is 6.92 Å². The first-order valence-corrected chi connectivity index (χ1v) is 9.20. The van der Waals surface area contributed by atoms with Crippen LogP contribution in [0.25, 0.3) is 0 Å². The van der Waals surface area contributed by atoms with E-state index in [1.54, 1.807) is 13.8 Å². The van der Waals surface area contributed by atoms with Crippen LogP contribution >= 0.6 is 0 Å². The van der Waals surface area contributed by atoms with E-state index in [0.29, 0.717) is 31.1 Å². The van der Waals surface area contributed by atoms with Crippen LogP contribution < -0.4 is 16.0 Å². The van der Waals surface area contributed by atoms with Gasteiger partial charge in [-0.15, -0.1) is 0 Å². The molecule has 0 spiro atoms. The van der Waals surface area contributed by atoms with Crippen molar-refractivity contribution in [2.45, 2.75) is 57.7 Å². The van der Waals surface area contributed by atoms with Crippen molar-refractivity contribution in [2.24, 2.45) is 0 Å². The van der Waals surface area contributed by atoms with Gasteiger partial charge in [0.1, 0.15) is 11.6 Å². The van der Waals surface area contributed by atoms with Crippen LogP contribution in [0.15, 0.2) is 34.9 Å². The normalized spacial score (nSPS) is 16.5. The van der Waals surface area contributed by atoms with Gasteiger partial charge in [-0.3, -0.25) is 4.79 Å². The third kappa shape index (κ3) is 4.64. The van der Waals surface area contributed by atoms with Crippen molar-refractivity contribution in [3.63, 3.8) is 0 Å². The monoisotopic (exact) mass is 371 g/mol. The number of nitrogens with zero attached hydrogens (tertiary/aromatic N) is 2. The molecule has 8 nitrogen and oxygen atoms in total. The quantitative estimate of drug-likeness (QED) is 0.722. The van der Waals surface area contributed by atoms with Crippen molar-refractivity contribution in [3.8, 4) is 0 Å². The Morgan fingerprint density at radius 2 is 1.93 bits per heavy atom. The molecule has 8 heteroatoms. The smallest absolute Gasteiger partial charge is 0.315 e. The van der Waals surface area contributed by atoms with Crippen molar-refractivity contribution >= 4 is 11.9 Å². The average Bonchev–Trinajstić information content (AvgIpc) is 3.31. The molecule has 1 heterocycles. The summed E-state index contributed by atoms with van der Waals surface area (Å²) in [6.07, 6.45) is 2.99. The lowest BCUT2D eigenvalue weighted by molar-refractivity contribution is -0.128. The van der Waals surface area contributed by atoms with E-state index >= 15 is 0 Å². The molecule has 1 atom stereocenters. The third-order valence-electron chi connectivity index (χ3n) is 4.80. The van der Waals surface area contributed by atoms with Gasteiger partial charge in [0.15, 0.2) is 5.82 Å². The first-order chi connectivity index (χ1) is 13.0. The summed E-state index contributed by atoms with van der Waals surface area (Å²) in [5, 5.41) is 12.4. The molecule has 1 aromatic heterocycles. The van der Waals surface area contributed by atoms with Gasteiger partial charge >= 0.3 is 6.03 Å². The van der Waals surface area contributed by atoms with Gasteiger partial charge in [-0.25, -0.2) is 4.79 Å². The number of hydrogen-bond donors (Lipinski definition) is 3. The maximum Gasteiger partial charge on any atom is 0.315 e. The Hall–Kier alpha value is -2.90. The highest BCUT2D eigenvalue weighted by atomic mass is 16.5. The van der Waals surface area contributed by atoms with Crippen LogP contribution in [-0.4, -0.2) is 27.6 Å². The van der Waals surface area contributed by atoms with Gasteiger partial charge in [-0.2, -0.15) is 4.98 Å². The van der Waals surface area contributed by atoms with E-state index in [-0.39, 0.29) is 11.9 Å². The molecule has 1 saturated carbocycles. The molecule has 3 N–H and O–H groups in total. The molecule has 0 radical (unpaired) electrons.